The van der Waals surface area contributed by atoms with Crippen molar-refractivity contribution in [3.05, 3.63) is 29.3 Å². The van der Waals surface area contributed by atoms with Crippen molar-refractivity contribution in [3.8, 4) is 0 Å². The molecule has 1 saturated carbocycles. The van der Waals surface area contributed by atoms with E-state index in [0.29, 0.717) is 6.04 Å². The van der Waals surface area contributed by atoms with Gasteiger partial charge in [-0.3, -0.25) is 0 Å². The first-order valence-electron chi connectivity index (χ1n) is 7.14. The first-order chi connectivity index (χ1) is 9.47. The van der Waals surface area contributed by atoms with Crippen LogP contribution in [0.5, 0.6) is 0 Å². The van der Waals surface area contributed by atoms with Gasteiger partial charge in [-0.2, -0.15) is 13.2 Å². The van der Waals surface area contributed by atoms with Gasteiger partial charge >= 0.3 is 6.18 Å². The number of anilines is 1. The lowest BCUT2D eigenvalue weighted by Gasteiger charge is -2.30. The molecule has 2 N–H and O–H groups in total. The van der Waals surface area contributed by atoms with Gasteiger partial charge in [0.25, 0.3) is 0 Å². The number of nitrogens with two attached hydrogens (primary N) is 1. The summed E-state index contributed by atoms with van der Waals surface area (Å²) in [7, 11) is 0. The summed E-state index contributed by atoms with van der Waals surface area (Å²) in [5.74, 6) is 0. The molecular weight excluding hydrogens is 265 g/mol. The third-order valence-corrected chi connectivity index (χ3v) is 4.05. The Hall–Kier alpha value is -1.23. The third kappa shape index (κ3) is 3.08. The number of nitrogens with zero attached hydrogens (tertiary/aromatic N) is 1. The van der Waals surface area contributed by atoms with E-state index >= 15 is 0 Å². The normalized spacial score (nSPS) is 16.6. The van der Waals surface area contributed by atoms with E-state index in [1.54, 1.807) is 12.1 Å². The lowest BCUT2D eigenvalue weighted by molar-refractivity contribution is -0.138. The SMILES string of the molecule is CCN(c1ccc(C(F)(F)F)c(CN)c1)C1CCCC1. The largest absolute Gasteiger partial charge is 0.416 e. The van der Waals surface area contributed by atoms with Gasteiger partial charge in [0.1, 0.15) is 0 Å². The fourth-order valence-corrected chi connectivity index (χ4v) is 3.07. The summed E-state index contributed by atoms with van der Waals surface area (Å²) in [4.78, 5) is 2.20. The zero-order valence-electron chi connectivity index (χ0n) is 11.7. The highest BCUT2D eigenvalue weighted by Gasteiger charge is 2.33. The van der Waals surface area contributed by atoms with Gasteiger partial charge in [0.2, 0.25) is 0 Å². The fourth-order valence-electron chi connectivity index (χ4n) is 3.07. The van der Waals surface area contributed by atoms with Crippen molar-refractivity contribution in [2.75, 3.05) is 11.4 Å². The minimum atomic E-state index is -4.34. The van der Waals surface area contributed by atoms with Crippen molar-refractivity contribution in [1.82, 2.24) is 0 Å². The average Bonchev–Trinajstić information content (AvgIpc) is 2.92. The van der Waals surface area contributed by atoms with E-state index in [9.17, 15) is 13.2 Å². The van der Waals surface area contributed by atoms with Crippen LogP contribution in [0.25, 0.3) is 0 Å². The molecule has 0 heterocycles. The van der Waals surface area contributed by atoms with Crippen LogP contribution in [0.2, 0.25) is 0 Å². The summed E-state index contributed by atoms with van der Waals surface area (Å²) >= 11 is 0. The van der Waals surface area contributed by atoms with Crippen molar-refractivity contribution in [3.63, 3.8) is 0 Å². The first kappa shape index (κ1) is 15.2. The molecule has 112 valence electrons. The molecule has 0 unspecified atom stereocenters. The van der Waals surface area contributed by atoms with Gasteiger partial charge in [0, 0.05) is 24.8 Å². The molecule has 0 amide bonds. The second-order valence-electron chi connectivity index (χ2n) is 5.27. The number of benzene rings is 1. The monoisotopic (exact) mass is 286 g/mol. The molecule has 1 aliphatic rings. The van der Waals surface area contributed by atoms with E-state index in [-0.39, 0.29) is 12.1 Å². The van der Waals surface area contributed by atoms with Crippen molar-refractivity contribution in [1.29, 1.82) is 0 Å². The van der Waals surface area contributed by atoms with Crippen LogP contribution in [-0.4, -0.2) is 12.6 Å². The minimum Gasteiger partial charge on any atom is -0.369 e. The van der Waals surface area contributed by atoms with Crippen LogP contribution >= 0.6 is 0 Å². The van der Waals surface area contributed by atoms with Crippen molar-refractivity contribution in [2.24, 2.45) is 5.73 Å². The Morgan fingerprint density at radius 3 is 2.40 bits per heavy atom. The molecule has 1 aromatic carbocycles. The second-order valence-corrected chi connectivity index (χ2v) is 5.27. The summed E-state index contributed by atoms with van der Waals surface area (Å²) < 4.78 is 38.6. The molecule has 1 aromatic rings. The maximum atomic E-state index is 12.9. The summed E-state index contributed by atoms with van der Waals surface area (Å²) in [6.07, 6.45) is 0.300. The maximum absolute atomic E-state index is 12.9. The van der Waals surface area contributed by atoms with Crippen LogP contribution in [0.3, 0.4) is 0 Å². The van der Waals surface area contributed by atoms with Gasteiger partial charge in [0.15, 0.2) is 0 Å². The van der Waals surface area contributed by atoms with Gasteiger partial charge in [-0.05, 0) is 43.5 Å². The molecule has 0 atom stereocenters. The van der Waals surface area contributed by atoms with Crippen LogP contribution in [-0.2, 0) is 12.7 Å². The van der Waals surface area contributed by atoms with Gasteiger partial charge in [-0.25, -0.2) is 0 Å². The lowest BCUT2D eigenvalue weighted by Crippen LogP contribution is -2.33. The summed E-state index contributed by atoms with van der Waals surface area (Å²) in [5, 5.41) is 0. The van der Waals surface area contributed by atoms with Gasteiger partial charge in [0.05, 0.1) is 5.56 Å². The molecule has 20 heavy (non-hydrogen) atoms. The fraction of sp³-hybridized carbons (Fsp3) is 0.600. The Morgan fingerprint density at radius 1 is 1.25 bits per heavy atom. The standard InChI is InChI=1S/C15H21F3N2/c1-2-20(12-5-3-4-6-12)13-7-8-14(15(16,17)18)11(9-13)10-19/h7-9,12H,2-6,10,19H2,1H3. The molecule has 0 aliphatic heterocycles. The smallest absolute Gasteiger partial charge is 0.369 e. The molecule has 2 nitrogen and oxygen atoms in total. The predicted molar refractivity (Wildman–Crippen MR) is 74.6 cm³/mol. The quantitative estimate of drug-likeness (QED) is 0.908. The van der Waals surface area contributed by atoms with Crippen molar-refractivity contribution >= 4 is 5.69 Å². The molecule has 1 aliphatic carbocycles. The molecule has 0 spiro atoms. The molecule has 5 heteroatoms. The Kier molecular flexibility index (Phi) is 4.58. The van der Waals surface area contributed by atoms with Gasteiger partial charge in [-0.15, -0.1) is 0 Å². The summed E-state index contributed by atoms with van der Waals surface area (Å²) in [6, 6.07) is 4.78. The Labute approximate surface area is 117 Å². The topological polar surface area (TPSA) is 29.3 Å². The van der Waals surface area contributed by atoms with Crippen LogP contribution < -0.4 is 10.6 Å². The molecule has 0 aromatic heterocycles. The number of halogens is 3. The van der Waals surface area contributed by atoms with Crippen LogP contribution in [0, 0.1) is 0 Å². The average molecular weight is 286 g/mol. The maximum Gasteiger partial charge on any atom is 0.416 e. The predicted octanol–water partition coefficient (Wildman–Crippen LogP) is 3.93. The van der Waals surface area contributed by atoms with E-state index in [1.807, 2.05) is 6.92 Å². The zero-order valence-corrected chi connectivity index (χ0v) is 11.7. The number of hydrogen-bond donors (Lipinski definition) is 1. The first-order valence-corrected chi connectivity index (χ1v) is 7.14. The molecule has 0 radical (unpaired) electrons. The summed E-state index contributed by atoms with van der Waals surface area (Å²) in [6.45, 7) is 2.75. The lowest BCUT2D eigenvalue weighted by atomic mass is 10.0. The van der Waals surface area contributed by atoms with Crippen LogP contribution in [0.15, 0.2) is 18.2 Å². The Morgan fingerprint density at radius 2 is 1.90 bits per heavy atom. The van der Waals surface area contributed by atoms with E-state index < -0.39 is 11.7 Å². The Bertz CT molecular complexity index is 451. The molecule has 0 saturated heterocycles. The zero-order chi connectivity index (χ0) is 14.8. The van der Waals surface area contributed by atoms with Crippen molar-refractivity contribution < 1.29 is 13.2 Å². The molecule has 0 bridgehead atoms. The third-order valence-electron chi connectivity index (χ3n) is 4.05. The second kappa shape index (κ2) is 6.04. The van der Waals surface area contributed by atoms with Crippen LogP contribution in [0.4, 0.5) is 18.9 Å². The highest BCUT2D eigenvalue weighted by molar-refractivity contribution is 5.52. The number of rotatable bonds is 4. The molecule has 1 fully saturated rings. The molecule has 2 rings (SSSR count). The van der Waals surface area contributed by atoms with Gasteiger partial charge in [-0.1, -0.05) is 12.8 Å². The minimum absolute atomic E-state index is 0.0924. The van der Waals surface area contributed by atoms with E-state index in [1.165, 1.54) is 12.8 Å². The molecular formula is C15H21F3N2. The Balaban J connectivity index is 2.32. The number of hydrogen-bond acceptors (Lipinski definition) is 2. The van der Waals surface area contributed by atoms with E-state index in [4.69, 9.17) is 5.73 Å². The van der Waals surface area contributed by atoms with E-state index in [0.717, 1.165) is 31.1 Å². The summed E-state index contributed by atoms with van der Waals surface area (Å²) in [5.41, 5.74) is 5.90. The highest BCUT2D eigenvalue weighted by Crippen LogP contribution is 2.35. The van der Waals surface area contributed by atoms with Gasteiger partial charge < -0.3 is 10.6 Å². The van der Waals surface area contributed by atoms with Crippen LogP contribution in [0.1, 0.15) is 43.7 Å². The van der Waals surface area contributed by atoms with Crippen molar-refractivity contribution in [2.45, 2.75) is 51.4 Å². The highest BCUT2D eigenvalue weighted by atomic mass is 19.4. The van der Waals surface area contributed by atoms with E-state index in [2.05, 4.69) is 4.90 Å². The number of alkyl halides is 3.